The molecule has 1 N–H and O–H groups in total. The van der Waals surface area contributed by atoms with E-state index in [1.165, 1.54) is 6.07 Å². The molecular weight excluding hydrogens is 243 g/mol. The van der Waals surface area contributed by atoms with E-state index in [1.54, 1.807) is 18.2 Å². The van der Waals surface area contributed by atoms with Gasteiger partial charge in [0, 0.05) is 17.5 Å². The maximum Gasteiger partial charge on any atom is 0.129 e. The molecule has 1 aliphatic heterocycles. The predicted octanol–water partition coefficient (Wildman–Crippen LogP) is 3.15. The molecule has 1 aliphatic rings. The summed E-state index contributed by atoms with van der Waals surface area (Å²) in [6, 6.07) is 10.5. The van der Waals surface area contributed by atoms with Gasteiger partial charge in [0.25, 0.3) is 0 Å². The Morgan fingerprint density at radius 3 is 2.84 bits per heavy atom. The highest BCUT2D eigenvalue weighted by atomic mass is 19.1. The molecule has 1 atom stereocenters. The Bertz CT molecular complexity index is 622. The molecule has 98 valence electrons. The Morgan fingerprint density at radius 1 is 1.21 bits per heavy atom. The van der Waals surface area contributed by atoms with Gasteiger partial charge in [-0.05, 0) is 24.1 Å². The third kappa shape index (κ3) is 2.10. The van der Waals surface area contributed by atoms with E-state index in [4.69, 9.17) is 4.74 Å². The quantitative estimate of drug-likeness (QED) is 0.896. The highest BCUT2D eigenvalue weighted by Gasteiger charge is 2.23. The average Bonchev–Trinajstić information content (AvgIpc) is 2.86. The minimum Gasteiger partial charge on any atom is -0.493 e. The van der Waals surface area contributed by atoms with Crippen molar-refractivity contribution < 1.29 is 14.2 Å². The van der Waals surface area contributed by atoms with Crippen LogP contribution in [0.15, 0.2) is 36.4 Å². The third-order valence-corrected chi connectivity index (χ3v) is 3.49. The van der Waals surface area contributed by atoms with Gasteiger partial charge in [-0.25, -0.2) is 4.39 Å². The molecule has 3 heteroatoms. The molecule has 0 bridgehead atoms. The van der Waals surface area contributed by atoms with Crippen LogP contribution in [0.5, 0.6) is 5.75 Å². The van der Waals surface area contributed by atoms with E-state index in [2.05, 4.69) is 0 Å². The van der Waals surface area contributed by atoms with Crippen LogP contribution in [-0.2, 0) is 6.42 Å². The first-order chi connectivity index (χ1) is 9.16. The van der Waals surface area contributed by atoms with E-state index in [0.29, 0.717) is 17.9 Å². The Kier molecular flexibility index (Phi) is 2.99. The van der Waals surface area contributed by atoms with Crippen molar-refractivity contribution in [1.82, 2.24) is 0 Å². The van der Waals surface area contributed by atoms with E-state index < -0.39 is 6.10 Å². The molecule has 0 spiro atoms. The zero-order valence-corrected chi connectivity index (χ0v) is 10.7. The molecule has 0 aromatic heterocycles. The summed E-state index contributed by atoms with van der Waals surface area (Å²) in [6.07, 6.45) is -0.152. The number of hydrogen-bond acceptors (Lipinski definition) is 2. The molecule has 0 saturated carbocycles. The lowest BCUT2D eigenvalue weighted by Gasteiger charge is -2.16. The van der Waals surface area contributed by atoms with Gasteiger partial charge >= 0.3 is 0 Å². The van der Waals surface area contributed by atoms with Crippen molar-refractivity contribution >= 4 is 0 Å². The second-order valence-corrected chi connectivity index (χ2v) is 4.86. The molecule has 0 amide bonds. The number of aliphatic hydroxyl groups is 1. The third-order valence-electron chi connectivity index (χ3n) is 3.49. The van der Waals surface area contributed by atoms with Crippen LogP contribution in [0.25, 0.3) is 0 Å². The lowest BCUT2D eigenvalue weighted by molar-refractivity contribution is 0.208. The standard InChI is InChI=1S/C16H15FO2/c1-10-5-6-12(14(17)9-10)15(18)13-4-2-3-11-7-8-19-16(11)13/h2-6,9,15,18H,7-8H2,1H3. The number of halogens is 1. The first kappa shape index (κ1) is 12.2. The topological polar surface area (TPSA) is 29.5 Å². The monoisotopic (exact) mass is 258 g/mol. The highest BCUT2D eigenvalue weighted by Crippen LogP contribution is 2.36. The van der Waals surface area contributed by atoms with Crippen molar-refractivity contribution in [3.05, 3.63) is 64.5 Å². The summed E-state index contributed by atoms with van der Waals surface area (Å²) in [5.41, 5.74) is 2.83. The number of aliphatic hydroxyl groups excluding tert-OH is 1. The van der Waals surface area contributed by atoms with Gasteiger partial charge in [0.2, 0.25) is 0 Å². The fourth-order valence-electron chi connectivity index (χ4n) is 2.48. The van der Waals surface area contributed by atoms with Crippen LogP contribution < -0.4 is 4.74 Å². The molecule has 2 aromatic carbocycles. The maximum absolute atomic E-state index is 13.9. The van der Waals surface area contributed by atoms with Crippen molar-refractivity contribution in [2.24, 2.45) is 0 Å². The molecule has 0 aliphatic carbocycles. The lowest BCUT2D eigenvalue weighted by Crippen LogP contribution is -2.04. The van der Waals surface area contributed by atoms with Gasteiger partial charge in [-0.3, -0.25) is 0 Å². The zero-order chi connectivity index (χ0) is 13.4. The van der Waals surface area contributed by atoms with Crippen molar-refractivity contribution in [3.63, 3.8) is 0 Å². The van der Waals surface area contributed by atoms with Crippen LogP contribution in [0.4, 0.5) is 4.39 Å². The average molecular weight is 258 g/mol. The predicted molar refractivity (Wildman–Crippen MR) is 70.8 cm³/mol. The SMILES string of the molecule is Cc1ccc(C(O)c2cccc3c2OCC3)c(F)c1. The first-order valence-corrected chi connectivity index (χ1v) is 6.35. The highest BCUT2D eigenvalue weighted by molar-refractivity contribution is 5.48. The van der Waals surface area contributed by atoms with Crippen LogP contribution in [0.1, 0.15) is 28.4 Å². The Hall–Kier alpha value is -1.87. The summed E-state index contributed by atoms with van der Waals surface area (Å²) in [5.74, 6) is 0.318. The molecule has 0 radical (unpaired) electrons. The van der Waals surface area contributed by atoms with E-state index >= 15 is 0 Å². The summed E-state index contributed by atoms with van der Waals surface area (Å²) in [4.78, 5) is 0. The molecule has 2 aromatic rings. The Labute approximate surface area is 111 Å². The summed E-state index contributed by atoms with van der Waals surface area (Å²) >= 11 is 0. The molecule has 19 heavy (non-hydrogen) atoms. The van der Waals surface area contributed by atoms with Gasteiger partial charge in [0.15, 0.2) is 0 Å². The largest absolute Gasteiger partial charge is 0.493 e. The minimum atomic E-state index is -0.992. The van der Waals surface area contributed by atoms with Gasteiger partial charge in [-0.2, -0.15) is 0 Å². The Morgan fingerprint density at radius 2 is 2.05 bits per heavy atom. The Balaban J connectivity index is 2.05. The van der Waals surface area contributed by atoms with Crippen molar-refractivity contribution in [2.75, 3.05) is 6.61 Å². The summed E-state index contributed by atoms with van der Waals surface area (Å²) in [7, 11) is 0. The van der Waals surface area contributed by atoms with Crippen molar-refractivity contribution in [3.8, 4) is 5.75 Å². The second-order valence-electron chi connectivity index (χ2n) is 4.86. The molecule has 0 saturated heterocycles. The first-order valence-electron chi connectivity index (χ1n) is 6.35. The summed E-state index contributed by atoms with van der Waals surface area (Å²) in [5, 5.41) is 10.4. The van der Waals surface area contributed by atoms with E-state index in [9.17, 15) is 9.50 Å². The second kappa shape index (κ2) is 4.67. The van der Waals surface area contributed by atoms with Crippen LogP contribution in [-0.4, -0.2) is 11.7 Å². The summed E-state index contributed by atoms with van der Waals surface area (Å²) < 4.78 is 19.5. The molecule has 3 rings (SSSR count). The van der Waals surface area contributed by atoms with Crippen LogP contribution >= 0.6 is 0 Å². The maximum atomic E-state index is 13.9. The normalized spacial score (nSPS) is 14.9. The number of hydrogen-bond donors (Lipinski definition) is 1. The molecular formula is C16H15FO2. The van der Waals surface area contributed by atoms with Crippen LogP contribution in [0.2, 0.25) is 0 Å². The number of fused-ring (bicyclic) bond motifs is 1. The van der Waals surface area contributed by atoms with Gasteiger partial charge in [0.05, 0.1) is 6.61 Å². The zero-order valence-electron chi connectivity index (χ0n) is 10.7. The van der Waals surface area contributed by atoms with E-state index in [0.717, 1.165) is 17.5 Å². The van der Waals surface area contributed by atoms with E-state index in [-0.39, 0.29) is 11.4 Å². The van der Waals surface area contributed by atoms with Crippen LogP contribution in [0, 0.1) is 12.7 Å². The van der Waals surface area contributed by atoms with Crippen LogP contribution in [0.3, 0.4) is 0 Å². The molecule has 0 fully saturated rings. The smallest absolute Gasteiger partial charge is 0.129 e. The molecule has 1 unspecified atom stereocenters. The fraction of sp³-hybridized carbons (Fsp3) is 0.250. The molecule has 2 nitrogen and oxygen atoms in total. The minimum absolute atomic E-state index is 0.287. The number of para-hydroxylation sites is 1. The van der Waals surface area contributed by atoms with Gasteiger partial charge in [0.1, 0.15) is 17.7 Å². The lowest BCUT2D eigenvalue weighted by atomic mass is 9.97. The number of rotatable bonds is 2. The summed E-state index contributed by atoms with van der Waals surface area (Å²) in [6.45, 7) is 2.44. The number of aryl methyl sites for hydroxylation is 1. The number of benzene rings is 2. The van der Waals surface area contributed by atoms with Gasteiger partial charge in [-0.1, -0.05) is 30.3 Å². The number of ether oxygens (including phenoxy) is 1. The van der Waals surface area contributed by atoms with Gasteiger partial charge in [-0.15, -0.1) is 0 Å². The van der Waals surface area contributed by atoms with Crippen molar-refractivity contribution in [1.29, 1.82) is 0 Å². The molecule has 1 heterocycles. The van der Waals surface area contributed by atoms with Gasteiger partial charge < -0.3 is 9.84 Å². The van der Waals surface area contributed by atoms with Crippen molar-refractivity contribution in [2.45, 2.75) is 19.4 Å². The fourth-order valence-corrected chi connectivity index (χ4v) is 2.48. The van der Waals surface area contributed by atoms with E-state index in [1.807, 2.05) is 19.1 Å².